The number of hydrogen-bond donors (Lipinski definition) is 0. The van der Waals surface area contributed by atoms with Crippen LogP contribution in [0.2, 0.25) is 0 Å². The molecular weight excluding hydrogens is 270 g/mol. The second-order valence-corrected chi connectivity index (χ2v) is 2.95. The molecule has 1 aromatic rings. The van der Waals surface area contributed by atoms with Crippen molar-refractivity contribution in [2.45, 2.75) is 6.92 Å². The first-order valence-corrected chi connectivity index (χ1v) is 3.78. The lowest BCUT2D eigenvalue weighted by molar-refractivity contribution is 0.431. The molecule has 0 spiro atoms. The third-order valence-corrected chi connectivity index (χ3v) is 1.86. The largest absolute Gasteiger partial charge is 0.241 e. The van der Waals surface area contributed by atoms with Crippen LogP contribution in [0.3, 0.4) is 0 Å². The lowest BCUT2D eigenvalue weighted by Gasteiger charge is -1.99. The molecule has 1 heterocycles. The maximum absolute atomic E-state index is 12.5. The van der Waals surface area contributed by atoms with E-state index in [1.54, 1.807) is 0 Å². The monoisotopic (exact) mass is 273 g/mol. The number of hydrogen-bond acceptors (Lipinski definition) is 1. The molecule has 0 fully saturated rings. The third-order valence-electron chi connectivity index (χ3n) is 1.15. The first-order valence-electron chi connectivity index (χ1n) is 2.70. The van der Waals surface area contributed by atoms with Crippen LogP contribution < -0.4 is 0 Å². The van der Waals surface area contributed by atoms with E-state index in [2.05, 4.69) is 4.98 Å². The number of nitrogens with zero attached hydrogens (tertiary/aromatic N) is 1. The summed E-state index contributed by atoms with van der Waals surface area (Å²) < 4.78 is 37.3. The summed E-state index contributed by atoms with van der Waals surface area (Å²) in [6, 6.07) is 0. The van der Waals surface area contributed by atoms with Crippen LogP contribution in [-0.2, 0) is 0 Å². The molecule has 5 heteroatoms. The second kappa shape index (κ2) is 2.96. The van der Waals surface area contributed by atoms with E-state index in [1.165, 1.54) is 29.5 Å². The first kappa shape index (κ1) is 8.76. The van der Waals surface area contributed by atoms with Crippen molar-refractivity contribution in [1.82, 2.24) is 4.98 Å². The third kappa shape index (κ3) is 1.47. The van der Waals surface area contributed by atoms with Gasteiger partial charge in [0.2, 0.25) is 0 Å². The van der Waals surface area contributed by atoms with E-state index >= 15 is 0 Å². The summed E-state index contributed by atoms with van der Waals surface area (Å²) in [4.78, 5) is 3.43. The van der Waals surface area contributed by atoms with Crippen LogP contribution in [0.15, 0.2) is 0 Å². The first-order chi connectivity index (χ1) is 5.04. The van der Waals surface area contributed by atoms with Gasteiger partial charge in [0.25, 0.3) is 0 Å². The van der Waals surface area contributed by atoms with Gasteiger partial charge in [-0.1, -0.05) is 0 Å². The summed E-state index contributed by atoms with van der Waals surface area (Å²) in [5.41, 5.74) is -0.131. The smallest absolute Gasteiger partial charge is 0.199 e. The number of aromatic nitrogens is 1. The van der Waals surface area contributed by atoms with Crippen molar-refractivity contribution >= 4 is 22.6 Å². The van der Waals surface area contributed by atoms with Crippen molar-refractivity contribution in [2.24, 2.45) is 0 Å². The van der Waals surface area contributed by atoms with Crippen LogP contribution >= 0.6 is 22.6 Å². The highest BCUT2D eigenvalue weighted by Gasteiger charge is 2.15. The molecule has 0 saturated carbocycles. The molecule has 1 nitrogen and oxygen atoms in total. The van der Waals surface area contributed by atoms with Crippen molar-refractivity contribution in [3.63, 3.8) is 0 Å². The molecule has 0 saturated heterocycles. The molecule has 0 amide bonds. The Bertz CT molecular complexity index is 274. The van der Waals surface area contributed by atoms with Crippen LogP contribution in [-0.4, -0.2) is 4.98 Å². The molecule has 0 aliphatic rings. The number of aryl methyl sites for hydroxylation is 1. The molecular formula is C6H3F3IN. The van der Waals surface area contributed by atoms with Gasteiger partial charge < -0.3 is 0 Å². The maximum atomic E-state index is 12.5. The van der Waals surface area contributed by atoms with E-state index in [-0.39, 0.29) is 9.39 Å². The van der Waals surface area contributed by atoms with E-state index in [4.69, 9.17) is 0 Å². The number of halogens is 4. The van der Waals surface area contributed by atoms with Crippen molar-refractivity contribution in [3.05, 3.63) is 26.8 Å². The van der Waals surface area contributed by atoms with Gasteiger partial charge in [-0.05, 0) is 29.5 Å². The van der Waals surface area contributed by atoms with E-state index in [0.717, 1.165) is 0 Å². The number of pyridine rings is 1. The Morgan fingerprint density at radius 3 is 2.18 bits per heavy atom. The highest BCUT2D eigenvalue weighted by Crippen LogP contribution is 2.16. The summed E-state index contributed by atoms with van der Waals surface area (Å²) in [6.45, 7) is 1.28. The zero-order valence-corrected chi connectivity index (χ0v) is 7.62. The van der Waals surface area contributed by atoms with E-state index in [9.17, 15) is 13.2 Å². The maximum Gasteiger partial charge on any atom is 0.199 e. The Hall–Kier alpha value is -0.330. The fraction of sp³-hybridized carbons (Fsp3) is 0.167. The molecule has 0 aliphatic carbocycles. The van der Waals surface area contributed by atoms with Gasteiger partial charge in [-0.25, -0.2) is 18.2 Å². The summed E-state index contributed by atoms with van der Waals surface area (Å²) in [5.74, 6) is -3.90. The van der Waals surface area contributed by atoms with Crippen LogP contribution in [0.4, 0.5) is 13.2 Å². The predicted molar refractivity (Wildman–Crippen MR) is 41.6 cm³/mol. The zero-order chi connectivity index (χ0) is 8.59. The Labute approximate surface area is 74.8 Å². The van der Waals surface area contributed by atoms with Gasteiger partial charge >= 0.3 is 0 Å². The average Bonchev–Trinajstić information content (AvgIpc) is 1.97. The van der Waals surface area contributed by atoms with Crippen LogP contribution in [0.1, 0.15) is 5.69 Å². The predicted octanol–water partition coefficient (Wildman–Crippen LogP) is 2.41. The second-order valence-electron chi connectivity index (χ2n) is 1.93. The molecule has 1 aromatic heterocycles. The highest BCUT2D eigenvalue weighted by molar-refractivity contribution is 14.1. The molecule has 60 valence electrons. The summed E-state index contributed by atoms with van der Waals surface area (Å²) in [7, 11) is 0. The summed E-state index contributed by atoms with van der Waals surface area (Å²) >= 11 is 1.50. The molecule has 0 N–H and O–H groups in total. The normalized spacial score (nSPS) is 10.3. The fourth-order valence-electron chi connectivity index (χ4n) is 0.591. The van der Waals surface area contributed by atoms with Gasteiger partial charge in [0.1, 0.15) is 3.70 Å². The Morgan fingerprint density at radius 1 is 1.09 bits per heavy atom. The summed E-state index contributed by atoms with van der Waals surface area (Å²) in [6.07, 6.45) is 0. The van der Waals surface area contributed by atoms with Gasteiger partial charge in [-0.2, -0.15) is 0 Å². The van der Waals surface area contributed by atoms with Gasteiger partial charge in [-0.15, -0.1) is 0 Å². The minimum atomic E-state index is -1.46. The Morgan fingerprint density at radius 2 is 1.64 bits per heavy atom. The molecule has 0 radical (unpaired) electrons. The van der Waals surface area contributed by atoms with Crippen molar-refractivity contribution in [2.75, 3.05) is 0 Å². The summed E-state index contributed by atoms with van der Waals surface area (Å²) in [5, 5.41) is 0. The van der Waals surface area contributed by atoms with Crippen LogP contribution in [0, 0.1) is 28.1 Å². The van der Waals surface area contributed by atoms with Gasteiger partial charge in [-0.3, -0.25) is 0 Å². The van der Waals surface area contributed by atoms with Gasteiger partial charge in [0.15, 0.2) is 17.5 Å². The van der Waals surface area contributed by atoms with Crippen molar-refractivity contribution in [3.8, 4) is 0 Å². The standard InChI is InChI=1S/C6H3F3IN/c1-2-3(7)4(8)5(9)6(10)11-2/h1H3. The average molecular weight is 273 g/mol. The SMILES string of the molecule is Cc1nc(I)c(F)c(F)c1F. The number of rotatable bonds is 0. The molecule has 1 rings (SSSR count). The van der Waals surface area contributed by atoms with Gasteiger partial charge in [0.05, 0.1) is 5.69 Å². The molecule has 0 bridgehead atoms. The minimum absolute atomic E-state index is 0.131. The fourth-order valence-corrected chi connectivity index (χ4v) is 1.19. The van der Waals surface area contributed by atoms with Crippen LogP contribution in [0.5, 0.6) is 0 Å². The van der Waals surface area contributed by atoms with Crippen LogP contribution in [0.25, 0.3) is 0 Å². The minimum Gasteiger partial charge on any atom is -0.241 e. The zero-order valence-electron chi connectivity index (χ0n) is 5.46. The molecule has 0 aromatic carbocycles. The lowest BCUT2D eigenvalue weighted by Crippen LogP contribution is -2.01. The van der Waals surface area contributed by atoms with E-state index in [0.29, 0.717) is 0 Å². The van der Waals surface area contributed by atoms with E-state index < -0.39 is 17.5 Å². The van der Waals surface area contributed by atoms with Crippen molar-refractivity contribution in [1.29, 1.82) is 0 Å². The molecule has 0 unspecified atom stereocenters. The van der Waals surface area contributed by atoms with Crippen molar-refractivity contribution < 1.29 is 13.2 Å². The lowest BCUT2D eigenvalue weighted by atomic mass is 10.3. The topological polar surface area (TPSA) is 12.9 Å². The Kier molecular flexibility index (Phi) is 2.36. The molecule has 11 heavy (non-hydrogen) atoms. The van der Waals surface area contributed by atoms with E-state index in [1.807, 2.05) is 0 Å². The molecule has 0 atom stereocenters. The highest BCUT2D eigenvalue weighted by atomic mass is 127. The quantitative estimate of drug-likeness (QED) is 0.522. The molecule has 0 aliphatic heterocycles. The van der Waals surface area contributed by atoms with Gasteiger partial charge in [0, 0.05) is 0 Å². The Balaban J connectivity index is 3.46.